The summed E-state index contributed by atoms with van der Waals surface area (Å²) in [7, 11) is 3.34. The van der Waals surface area contributed by atoms with Crippen LogP contribution in [0.25, 0.3) is 0 Å². The van der Waals surface area contributed by atoms with Gasteiger partial charge in [-0.05, 0) is 37.0 Å². The largest absolute Gasteiger partial charge is 0.482 e. The number of anilines is 1. The second-order valence-corrected chi connectivity index (χ2v) is 6.14. The van der Waals surface area contributed by atoms with Gasteiger partial charge in [-0.15, -0.1) is 0 Å². The van der Waals surface area contributed by atoms with E-state index in [4.69, 9.17) is 4.74 Å². The van der Waals surface area contributed by atoms with E-state index in [0.29, 0.717) is 23.9 Å². The third-order valence-corrected chi connectivity index (χ3v) is 3.24. The summed E-state index contributed by atoms with van der Waals surface area (Å²) in [4.78, 5) is 25.0. The molecule has 0 spiro atoms. The number of aryl methyl sites for hydroxylation is 1. The molecule has 0 unspecified atom stereocenters. The second kappa shape index (κ2) is 9.02. The van der Waals surface area contributed by atoms with Gasteiger partial charge in [-0.3, -0.25) is 4.79 Å². The van der Waals surface area contributed by atoms with Crippen LogP contribution in [0.4, 0.5) is 10.5 Å². The minimum atomic E-state index is -0.279. The molecule has 2 N–H and O–H groups in total. The summed E-state index contributed by atoms with van der Waals surface area (Å²) < 4.78 is 5.55. The number of benzene rings is 1. The zero-order chi connectivity index (χ0) is 17.4. The number of urea groups is 1. The molecule has 1 rings (SSSR count). The number of nitrogens with zero attached hydrogens (tertiary/aromatic N) is 1. The van der Waals surface area contributed by atoms with E-state index in [-0.39, 0.29) is 18.5 Å². The van der Waals surface area contributed by atoms with Crippen molar-refractivity contribution in [1.82, 2.24) is 10.2 Å². The number of carbonyl (C=O) groups excluding carboxylic acids is 2. The van der Waals surface area contributed by atoms with Gasteiger partial charge in [0.05, 0.1) is 5.69 Å². The summed E-state index contributed by atoms with van der Waals surface area (Å²) in [6.45, 7) is 6.68. The lowest BCUT2D eigenvalue weighted by molar-refractivity contribution is -0.130. The molecule has 0 bridgehead atoms. The van der Waals surface area contributed by atoms with Crippen molar-refractivity contribution in [2.45, 2.75) is 27.2 Å². The van der Waals surface area contributed by atoms with Crippen molar-refractivity contribution in [1.29, 1.82) is 0 Å². The van der Waals surface area contributed by atoms with Crippen molar-refractivity contribution in [3.8, 4) is 5.75 Å². The maximum Gasteiger partial charge on any atom is 0.319 e. The number of carbonyl (C=O) groups is 2. The Morgan fingerprint density at radius 2 is 1.96 bits per heavy atom. The smallest absolute Gasteiger partial charge is 0.319 e. The van der Waals surface area contributed by atoms with Gasteiger partial charge in [0.15, 0.2) is 6.61 Å². The SMILES string of the molecule is Cc1ccc(NC(=O)NCCC(C)C)c(OCC(=O)N(C)C)c1. The first-order valence-electron chi connectivity index (χ1n) is 7.78. The van der Waals surface area contributed by atoms with Crippen LogP contribution < -0.4 is 15.4 Å². The highest BCUT2D eigenvalue weighted by molar-refractivity contribution is 5.91. The van der Waals surface area contributed by atoms with Gasteiger partial charge in [0, 0.05) is 20.6 Å². The summed E-state index contributed by atoms with van der Waals surface area (Å²) in [5.74, 6) is 0.878. The van der Waals surface area contributed by atoms with Crippen LogP contribution in [0.15, 0.2) is 18.2 Å². The van der Waals surface area contributed by atoms with E-state index < -0.39 is 0 Å². The van der Waals surface area contributed by atoms with Gasteiger partial charge in [-0.1, -0.05) is 19.9 Å². The van der Waals surface area contributed by atoms with E-state index in [2.05, 4.69) is 24.5 Å². The summed E-state index contributed by atoms with van der Waals surface area (Å²) in [5.41, 5.74) is 1.53. The third-order valence-electron chi connectivity index (χ3n) is 3.24. The maximum atomic E-state index is 11.9. The van der Waals surface area contributed by atoms with Gasteiger partial charge >= 0.3 is 6.03 Å². The lowest BCUT2D eigenvalue weighted by Gasteiger charge is -2.15. The lowest BCUT2D eigenvalue weighted by atomic mass is 10.1. The average Bonchev–Trinajstić information content (AvgIpc) is 2.46. The fourth-order valence-corrected chi connectivity index (χ4v) is 1.76. The number of nitrogens with one attached hydrogen (secondary N) is 2. The Kier molecular flexibility index (Phi) is 7.38. The minimum Gasteiger partial charge on any atom is -0.482 e. The molecule has 0 heterocycles. The van der Waals surface area contributed by atoms with Gasteiger partial charge in [-0.25, -0.2) is 4.79 Å². The Morgan fingerprint density at radius 1 is 1.26 bits per heavy atom. The fraction of sp³-hybridized carbons (Fsp3) is 0.529. The first-order chi connectivity index (χ1) is 10.8. The average molecular weight is 321 g/mol. The Morgan fingerprint density at radius 3 is 2.57 bits per heavy atom. The van der Waals surface area contributed by atoms with Crippen LogP contribution in [0.5, 0.6) is 5.75 Å². The van der Waals surface area contributed by atoms with Crippen molar-refractivity contribution < 1.29 is 14.3 Å². The molecular formula is C17H27N3O3. The van der Waals surface area contributed by atoms with Crippen LogP contribution in [-0.4, -0.2) is 44.1 Å². The molecule has 0 saturated carbocycles. The Hall–Kier alpha value is -2.24. The molecule has 0 atom stereocenters. The molecule has 6 nitrogen and oxygen atoms in total. The Labute approximate surface area is 138 Å². The van der Waals surface area contributed by atoms with E-state index in [1.54, 1.807) is 26.2 Å². The van der Waals surface area contributed by atoms with E-state index in [1.165, 1.54) is 4.90 Å². The number of hydrogen-bond acceptors (Lipinski definition) is 3. The van der Waals surface area contributed by atoms with Gasteiger partial charge in [0.25, 0.3) is 5.91 Å². The summed E-state index contributed by atoms with van der Waals surface area (Å²) in [6, 6.07) is 5.17. The zero-order valence-corrected chi connectivity index (χ0v) is 14.6. The predicted octanol–water partition coefficient (Wildman–Crippen LogP) is 2.63. The monoisotopic (exact) mass is 321 g/mol. The van der Waals surface area contributed by atoms with Crippen LogP contribution in [0.3, 0.4) is 0 Å². The molecule has 23 heavy (non-hydrogen) atoms. The van der Waals surface area contributed by atoms with E-state index in [1.807, 2.05) is 13.0 Å². The number of likely N-dealkylation sites (N-methyl/N-ethyl adjacent to an activating group) is 1. The summed E-state index contributed by atoms with van der Waals surface area (Å²) in [6.07, 6.45) is 0.919. The van der Waals surface area contributed by atoms with Gasteiger partial charge < -0.3 is 20.3 Å². The minimum absolute atomic E-state index is 0.0693. The molecule has 0 fully saturated rings. The molecular weight excluding hydrogens is 294 g/mol. The molecule has 6 heteroatoms. The molecule has 1 aromatic carbocycles. The summed E-state index contributed by atoms with van der Waals surface area (Å²) >= 11 is 0. The van der Waals surface area contributed by atoms with Crippen molar-refractivity contribution in [2.24, 2.45) is 5.92 Å². The molecule has 0 radical (unpaired) electrons. The van der Waals surface area contributed by atoms with Gasteiger partial charge in [0.1, 0.15) is 5.75 Å². The number of amides is 3. The van der Waals surface area contributed by atoms with Crippen molar-refractivity contribution in [3.05, 3.63) is 23.8 Å². The standard InChI is InChI=1S/C17H27N3O3/c1-12(2)8-9-18-17(22)19-14-7-6-13(3)10-15(14)23-11-16(21)20(4)5/h6-7,10,12H,8-9,11H2,1-5H3,(H2,18,19,22). The second-order valence-electron chi connectivity index (χ2n) is 6.14. The highest BCUT2D eigenvalue weighted by atomic mass is 16.5. The molecule has 0 saturated heterocycles. The molecule has 0 aliphatic heterocycles. The molecule has 0 aromatic heterocycles. The summed E-state index contributed by atoms with van der Waals surface area (Å²) in [5, 5.41) is 5.57. The predicted molar refractivity (Wildman–Crippen MR) is 91.8 cm³/mol. The van der Waals surface area contributed by atoms with E-state index in [0.717, 1.165) is 12.0 Å². The van der Waals surface area contributed by atoms with Crippen molar-refractivity contribution in [3.63, 3.8) is 0 Å². The number of hydrogen-bond donors (Lipinski definition) is 2. The molecule has 1 aromatic rings. The highest BCUT2D eigenvalue weighted by Gasteiger charge is 2.11. The van der Waals surface area contributed by atoms with Crippen LogP contribution in [-0.2, 0) is 4.79 Å². The van der Waals surface area contributed by atoms with E-state index >= 15 is 0 Å². The molecule has 3 amide bonds. The zero-order valence-electron chi connectivity index (χ0n) is 14.6. The van der Waals surface area contributed by atoms with Crippen LogP contribution in [0.1, 0.15) is 25.8 Å². The quantitative estimate of drug-likeness (QED) is 0.811. The Bertz CT molecular complexity index is 542. The molecule has 128 valence electrons. The van der Waals surface area contributed by atoms with Gasteiger partial charge in [-0.2, -0.15) is 0 Å². The third kappa shape index (κ3) is 7.04. The Balaban J connectivity index is 2.67. The molecule has 0 aliphatic carbocycles. The number of rotatable bonds is 7. The molecule has 0 aliphatic rings. The first kappa shape index (κ1) is 18.8. The lowest BCUT2D eigenvalue weighted by Crippen LogP contribution is -2.31. The fourth-order valence-electron chi connectivity index (χ4n) is 1.76. The topological polar surface area (TPSA) is 70.7 Å². The highest BCUT2D eigenvalue weighted by Crippen LogP contribution is 2.25. The van der Waals surface area contributed by atoms with Crippen LogP contribution in [0.2, 0.25) is 0 Å². The first-order valence-corrected chi connectivity index (χ1v) is 7.78. The van der Waals surface area contributed by atoms with E-state index in [9.17, 15) is 9.59 Å². The number of ether oxygens (including phenoxy) is 1. The van der Waals surface area contributed by atoms with Crippen molar-refractivity contribution in [2.75, 3.05) is 32.6 Å². The van der Waals surface area contributed by atoms with Crippen LogP contribution >= 0.6 is 0 Å². The normalized spacial score (nSPS) is 10.3. The van der Waals surface area contributed by atoms with Crippen molar-refractivity contribution >= 4 is 17.6 Å². The van der Waals surface area contributed by atoms with Crippen LogP contribution in [0, 0.1) is 12.8 Å². The maximum absolute atomic E-state index is 11.9. The van der Waals surface area contributed by atoms with Gasteiger partial charge in [0.2, 0.25) is 0 Å².